The lowest BCUT2D eigenvalue weighted by molar-refractivity contribution is -0.115. The van der Waals surface area contributed by atoms with Crippen molar-refractivity contribution in [2.24, 2.45) is 11.7 Å². The number of carbonyl (C=O) groups excluding carboxylic acids is 2. The number of nitrogens with one attached hydrogen (secondary N) is 1. The van der Waals surface area contributed by atoms with E-state index in [1.165, 1.54) is 0 Å². The van der Waals surface area contributed by atoms with Crippen molar-refractivity contribution in [1.82, 2.24) is 4.90 Å². The van der Waals surface area contributed by atoms with E-state index >= 15 is 0 Å². The molecule has 5 nitrogen and oxygen atoms in total. The molecule has 2 rings (SSSR count). The topological polar surface area (TPSA) is 75.4 Å². The first kappa shape index (κ1) is 13.5. The second kappa shape index (κ2) is 5.40. The molecule has 0 bridgehead atoms. The number of anilines is 1. The maximum Gasteiger partial charge on any atom is 0.253 e. The lowest BCUT2D eigenvalue weighted by Gasteiger charge is -2.21. The van der Waals surface area contributed by atoms with Crippen molar-refractivity contribution < 1.29 is 9.59 Å². The summed E-state index contributed by atoms with van der Waals surface area (Å²) in [6.07, 6.45) is 0.347. The normalized spacial score (nSPS) is 14.8. The van der Waals surface area contributed by atoms with Gasteiger partial charge < -0.3 is 16.0 Å². The first-order valence-corrected chi connectivity index (χ1v) is 6.39. The third kappa shape index (κ3) is 2.93. The van der Waals surface area contributed by atoms with Crippen LogP contribution in [0.5, 0.6) is 0 Å². The molecule has 1 heterocycles. The van der Waals surface area contributed by atoms with E-state index in [1.807, 2.05) is 6.92 Å². The monoisotopic (exact) mass is 261 g/mol. The van der Waals surface area contributed by atoms with Gasteiger partial charge in [0, 0.05) is 24.8 Å². The van der Waals surface area contributed by atoms with Gasteiger partial charge in [0.1, 0.15) is 0 Å². The molecular weight excluding hydrogens is 242 g/mol. The summed E-state index contributed by atoms with van der Waals surface area (Å²) in [6.45, 7) is 3.19. The van der Waals surface area contributed by atoms with E-state index in [1.54, 1.807) is 30.1 Å². The SMILES string of the molecule is CC(CN)CN(C)C(=O)c1ccc2c(c1)CC(=O)N2. The van der Waals surface area contributed by atoms with Gasteiger partial charge >= 0.3 is 0 Å². The van der Waals surface area contributed by atoms with E-state index in [-0.39, 0.29) is 17.7 Å². The average molecular weight is 261 g/mol. The zero-order valence-electron chi connectivity index (χ0n) is 11.3. The number of nitrogens with two attached hydrogens (primary N) is 1. The van der Waals surface area contributed by atoms with E-state index in [9.17, 15) is 9.59 Å². The zero-order chi connectivity index (χ0) is 14.0. The van der Waals surface area contributed by atoms with Gasteiger partial charge in [0.15, 0.2) is 0 Å². The Morgan fingerprint density at radius 1 is 1.53 bits per heavy atom. The number of carbonyl (C=O) groups is 2. The van der Waals surface area contributed by atoms with Crippen LogP contribution in [-0.4, -0.2) is 36.9 Å². The van der Waals surface area contributed by atoms with Gasteiger partial charge in [-0.25, -0.2) is 0 Å². The third-order valence-electron chi connectivity index (χ3n) is 3.31. The van der Waals surface area contributed by atoms with Crippen molar-refractivity contribution in [2.75, 3.05) is 25.5 Å². The first-order valence-electron chi connectivity index (χ1n) is 6.39. The van der Waals surface area contributed by atoms with Crippen LogP contribution in [0.4, 0.5) is 5.69 Å². The van der Waals surface area contributed by atoms with Crippen molar-refractivity contribution in [3.05, 3.63) is 29.3 Å². The molecule has 102 valence electrons. The fraction of sp³-hybridized carbons (Fsp3) is 0.429. The lowest BCUT2D eigenvalue weighted by atomic mass is 10.1. The molecule has 0 spiro atoms. The molecule has 0 saturated carbocycles. The van der Waals surface area contributed by atoms with Crippen LogP contribution in [0.3, 0.4) is 0 Å². The standard InChI is InChI=1S/C14H19N3O2/c1-9(7-15)8-17(2)14(19)10-3-4-12-11(5-10)6-13(18)16-12/h3-5,9H,6-8,15H2,1-2H3,(H,16,18). The van der Waals surface area contributed by atoms with Crippen LogP contribution in [0, 0.1) is 5.92 Å². The van der Waals surface area contributed by atoms with Crippen molar-refractivity contribution in [2.45, 2.75) is 13.3 Å². The number of hydrogen-bond donors (Lipinski definition) is 2. The molecule has 0 saturated heterocycles. The lowest BCUT2D eigenvalue weighted by Crippen LogP contribution is -2.33. The average Bonchev–Trinajstić information content (AvgIpc) is 2.76. The van der Waals surface area contributed by atoms with Crippen LogP contribution in [0.1, 0.15) is 22.8 Å². The summed E-state index contributed by atoms with van der Waals surface area (Å²) in [5.74, 6) is 0.207. The minimum atomic E-state index is -0.0394. The Bertz CT molecular complexity index is 513. The van der Waals surface area contributed by atoms with Crippen molar-refractivity contribution >= 4 is 17.5 Å². The summed E-state index contributed by atoms with van der Waals surface area (Å²) in [4.78, 5) is 25.2. The predicted molar refractivity (Wildman–Crippen MR) is 74.0 cm³/mol. The number of amides is 2. The highest BCUT2D eigenvalue weighted by Crippen LogP contribution is 2.24. The fourth-order valence-electron chi connectivity index (χ4n) is 2.21. The Hall–Kier alpha value is -1.88. The molecule has 2 amide bonds. The van der Waals surface area contributed by atoms with Crippen LogP contribution in [0.25, 0.3) is 0 Å². The molecule has 3 N–H and O–H groups in total. The van der Waals surface area contributed by atoms with Gasteiger partial charge in [-0.05, 0) is 36.2 Å². The third-order valence-corrected chi connectivity index (χ3v) is 3.31. The van der Waals surface area contributed by atoms with Gasteiger partial charge in [0.2, 0.25) is 5.91 Å². The Labute approximate surface area is 112 Å². The van der Waals surface area contributed by atoms with Crippen molar-refractivity contribution in [3.8, 4) is 0 Å². The molecule has 5 heteroatoms. The number of hydrogen-bond acceptors (Lipinski definition) is 3. The Balaban J connectivity index is 2.12. The summed E-state index contributed by atoms with van der Waals surface area (Å²) in [5, 5.41) is 2.75. The van der Waals surface area contributed by atoms with Gasteiger partial charge in [0.05, 0.1) is 6.42 Å². The molecule has 0 aromatic heterocycles. The van der Waals surface area contributed by atoms with Gasteiger partial charge in [-0.3, -0.25) is 9.59 Å². The quantitative estimate of drug-likeness (QED) is 0.843. The first-order chi connectivity index (χ1) is 9.01. The zero-order valence-corrected chi connectivity index (χ0v) is 11.3. The fourth-order valence-corrected chi connectivity index (χ4v) is 2.21. The van der Waals surface area contributed by atoms with Crippen LogP contribution >= 0.6 is 0 Å². The molecule has 0 radical (unpaired) electrons. The van der Waals surface area contributed by atoms with Gasteiger partial charge in [-0.1, -0.05) is 6.92 Å². The largest absolute Gasteiger partial charge is 0.341 e. The van der Waals surface area contributed by atoms with Gasteiger partial charge in [-0.2, -0.15) is 0 Å². The molecule has 0 fully saturated rings. The number of nitrogens with zero attached hydrogens (tertiary/aromatic N) is 1. The van der Waals surface area contributed by atoms with Crippen molar-refractivity contribution in [1.29, 1.82) is 0 Å². The molecule has 1 atom stereocenters. The summed E-state index contributed by atoms with van der Waals surface area (Å²) in [5.41, 5.74) is 7.87. The summed E-state index contributed by atoms with van der Waals surface area (Å²) in [7, 11) is 1.77. The highest BCUT2D eigenvalue weighted by atomic mass is 16.2. The van der Waals surface area contributed by atoms with Gasteiger partial charge in [-0.15, -0.1) is 0 Å². The minimum Gasteiger partial charge on any atom is -0.341 e. The van der Waals surface area contributed by atoms with E-state index in [0.29, 0.717) is 25.1 Å². The van der Waals surface area contributed by atoms with Crippen LogP contribution in [-0.2, 0) is 11.2 Å². The summed E-state index contributed by atoms with van der Waals surface area (Å²) in [6, 6.07) is 5.32. The van der Waals surface area contributed by atoms with Crippen LogP contribution in [0.15, 0.2) is 18.2 Å². The number of benzene rings is 1. The van der Waals surface area contributed by atoms with Crippen molar-refractivity contribution in [3.63, 3.8) is 0 Å². The number of rotatable bonds is 4. The smallest absolute Gasteiger partial charge is 0.253 e. The second-order valence-electron chi connectivity index (χ2n) is 5.12. The van der Waals surface area contributed by atoms with E-state index in [2.05, 4.69) is 5.32 Å². The van der Waals surface area contributed by atoms with E-state index < -0.39 is 0 Å². The van der Waals surface area contributed by atoms with Gasteiger partial charge in [0.25, 0.3) is 5.91 Å². The molecule has 0 aliphatic carbocycles. The summed E-state index contributed by atoms with van der Waals surface area (Å²) >= 11 is 0. The summed E-state index contributed by atoms with van der Waals surface area (Å²) < 4.78 is 0. The molecule has 1 aliphatic heterocycles. The highest BCUT2D eigenvalue weighted by Gasteiger charge is 2.20. The maximum atomic E-state index is 12.3. The molecular formula is C14H19N3O2. The molecule has 1 aromatic carbocycles. The Morgan fingerprint density at radius 2 is 2.26 bits per heavy atom. The number of fused-ring (bicyclic) bond motifs is 1. The predicted octanol–water partition coefficient (Wildman–Crippen LogP) is 0.848. The van der Waals surface area contributed by atoms with E-state index in [4.69, 9.17) is 5.73 Å². The second-order valence-corrected chi connectivity index (χ2v) is 5.12. The molecule has 1 unspecified atom stereocenters. The molecule has 1 aliphatic rings. The molecule has 1 aromatic rings. The van der Waals surface area contributed by atoms with E-state index in [0.717, 1.165) is 11.3 Å². The minimum absolute atomic E-state index is 0.0234. The molecule has 19 heavy (non-hydrogen) atoms. The van der Waals surface area contributed by atoms with Crippen LogP contribution < -0.4 is 11.1 Å². The maximum absolute atomic E-state index is 12.3. The Kier molecular flexibility index (Phi) is 3.85. The Morgan fingerprint density at radius 3 is 2.95 bits per heavy atom. The highest BCUT2D eigenvalue weighted by molar-refractivity contribution is 6.01. The van der Waals surface area contributed by atoms with Crippen LogP contribution in [0.2, 0.25) is 0 Å².